The monoisotopic (exact) mass is 458 g/mol. The number of hydrogen-bond donors (Lipinski definition) is 0. The van der Waals surface area contributed by atoms with E-state index in [4.69, 9.17) is 11.6 Å². The van der Waals surface area contributed by atoms with Crippen LogP contribution in [-0.2, 0) is 21.4 Å². The van der Waals surface area contributed by atoms with Crippen LogP contribution in [0, 0.1) is 23.6 Å². The first-order chi connectivity index (χ1) is 14.1. The maximum Gasteiger partial charge on any atom is 0.226 e. The summed E-state index contributed by atoms with van der Waals surface area (Å²) in [5, 5.41) is 0.330. The molecule has 1 aromatic carbocycles. The second-order valence-electron chi connectivity index (χ2n) is 8.94. The maximum atomic E-state index is 14.5. The van der Waals surface area contributed by atoms with Crippen LogP contribution in [0.2, 0.25) is 5.02 Å². The van der Waals surface area contributed by atoms with E-state index in [0.717, 1.165) is 19.3 Å². The predicted molar refractivity (Wildman–Crippen MR) is 117 cm³/mol. The molecule has 1 saturated carbocycles. The normalized spacial score (nSPS) is 26.5. The van der Waals surface area contributed by atoms with E-state index < -0.39 is 15.8 Å². The fraction of sp³-hybridized carbons (Fsp3) is 0.682. The summed E-state index contributed by atoms with van der Waals surface area (Å²) in [7, 11) is -3.25. The zero-order valence-corrected chi connectivity index (χ0v) is 19.6. The number of amides is 1. The van der Waals surface area contributed by atoms with Crippen molar-refractivity contribution in [2.45, 2.75) is 58.5 Å². The van der Waals surface area contributed by atoms with Crippen molar-refractivity contribution in [3.8, 4) is 0 Å². The van der Waals surface area contributed by atoms with Gasteiger partial charge in [-0.25, -0.2) is 17.1 Å². The maximum absolute atomic E-state index is 14.5. The summed E-state index contributed by atoms with van der Waals surface area (Å²) >= 11 is 6.29. The number of carbonyl (C=O) groups is 1. The Balaban J connectivity index is 1.85. The largest absolute Gasteiger partial charge is 0.335 e. The standard InChI is InChI=1S/C22H32ClFN2O3S/c1-15-6-4-9-21(16(15)2)26(14-18-19(23)7-5-8-20(18)24)22(27)17-10-12-25(13-11-17)30(3,28)29/h5,7-8,15-17,21H,4,6,9-14H2,1-3H3. The molecule has 1 aliphatic heterocycles. The smallest absolute Gasteiger partial charge is 0.226 e. The Labute approximate surface area is 184 Å². The summed E-state index contributed by atoms with van der Waals surface area (Å²) < 4.78 is 39.6. The zero-order chi connectivity index (χ0) is 22.1. The molecule has 5 nitrogen and oxygen atoms in total. The van der Waals surface area contributed by atoms with Crippen LogP contribution < -0.4 is 0 Å². The van der Waals surface area contributed by atoms with Gasteiger partial charge in [-0.15, -0.1) is 0 Å². The molecule has 3 rings (SSSR count). The van der Waals surface area contributed by atoms with Crippen molar-refractivity contribution < 1.29 is 17.6 Å². The van der Waals surface area contributed by atoms with Crippen molar-refractivity contribution in [2.75, 3.05) is 19.3 Å². The minimum absolute atomic E-state index is 0.00609. The second-order valence-corrected chi connectivity index (χ2v) is 11.3. The molecule has 0 spiro atoms. The summed E-state index contributed by atoms with van der Waals surface area (Å²) in [6.45, 7) is 5.23. The SMILES string of the molecule is CC1CCCC(N(Cc2c(F)cccc2Cl)C(=O)C2CCN(S(C)(=O)=O)CC2)C1C. The molecule has 1 saturated heterocycles. The number of benzene rings is 1. The molecule has 3 unspecified atom stereocenters. The van der Waals surface area contributed by atoms with Gasteiger partial charge in [0.25, 0.3) is 0 Å². The van der Waals surface area contributed by atoms with Gasteiger partial charge in [-0.2, -0.15) is 0 Å². The first-order valence-electron chi connectivity index (χ1n) is 10.8. The first-order valence-corrected chi connectivity index (χ1v) is 13.0. The van der Waals surface area contributed by atoms with Crippen molar-refractivity contribution >= 4 is 27.5 Å². The van der Waals surface area contributed by atoms with E-state index in [1.165, 1.54) is 16.6 Å². The molecule has 1 heterocycles. The van der Waals surface area contributed by atoms with Gasteiger partial charge >= 0.3 is 0 Å². The minimum atomic E-state index is -3.25. The van der Waals surface area contributed by atoms with Crippen molar-refractivity contribution in [3.05, 3.63) is 34.6 Å². The van der Waals surface area contributed by atoms with Gasteiger partial charge in [0.05, 0.1) is 12.8 Å². The van der Waals surface area contributed by atoms with E-state index in [1.807, 2.05) is 4.90 Å². The summed E-state index contributed by atoms with van der Waals surface area (Å²) in [5.41, 5.74) is 0.353. The van der Waals surface area contributed by atoms with Crippen molar-refractivity contribution in [1.82, 2.24) is 9.21 Å². The molecule has 1 aliphatic carbocycles. The third kappa shape index (κ3) is 5.17. The van der Waals surface area contributed by atoms with Crippen LogP contribution in [0.15, 0.2) is 18.2 Å². The fourth-order valence-corrected chi connectivity index (χ4v) is 5.97. The molecule has 8 heteroatoms. The molecular weight excluding hydrogens is 427 g/mol. The van der Waals surface area contributed by atoms with Crippen molar-refractivity contribution in [2.24, 2.45) is 17.8 Å². The minimum Gasteiger partial charge on any atom is -0.335 e. The van der Waals surface area contributed by atoms with Crippen molar-refractivity contribution in [3.63, 3.8) is 0 Å². The highest BCUT2D eigenvalue weighted by Crippen LogP contribution is 2.36. The number of rotatable bonds is 5. The quantitative estimate of drug-likeness (QED) is 0.660. The molecule has 1 amide bonds. The third-order valence-corrected chi connectivity index (χ3v) is 8.67. The Hall–Kier alpha value is -1.18. The number of nitrogens with zero attached hydrogens (tertiary/aromatic N) is 2. The molecule has 0 radical (unpaired) electrons. The molecule has 3 atom stereocenters. The zero-order valence-electron chi connectivity index (χ0n) is 18.0. The molecule has 1 aromatic rings. The Morgan fingerprint density at radius 3 is 2.47 bits per heavy atom. The van der Waals surface area contributed by atoms with Crippen LogP contribution in [0.1, 0.15) is 51.5 Å². The highest BCUT2D eigenvalue weighted by atomic mass is 35.5. The molecule has 30 heavy (non-hydrogen) atoms. The molecule has 0 N–H and O–H groups in total. The van der Waals surface area contributed by atoms with Gasteiger partial charge in [-0.3, -0.25) is 4.79 Å². The molecule has 168 valence electrons. The van der Waals surface area contributed by atoms with Crippen LogP contribution in [-0.4, -0.2) is 48.9 Å². The van der Waals surface area contributed by atoms with E-state index in [-0.39, 0.29) is 24.4 Å². The first kappa shape index (κ1) is 23.5. The summed E-state index contributed by atoms with van der Waals surface area (Å²) in [6, 6.07) is 4.63. The second kappa shape index (κ2) is 9.53. The Kier molecular flexibility index (Phi) is 7.46. The van der Waals surface area contributed by atoms with Gasteiger partial charge in [0.2, 0.25) is 15.9 Å². The lowest BCUT2D eigenvalue weighted by Crippen LogP contribution is -2.51. The van der Waals surface area contributed by atoms with Gasteiger partial charge in [-0.05, 0) is 43.2 Å². The molecule has 0 aromatic heterocycles. The summed E-state index contributed by atoms with van der Waals surface area (Å²) in [4.78, 5) is 15.5. The summed E-state index contributed by atoms with van der Waals surface area (Å²) in [5.74, 6) is 0.140. The Morgan fingerprint density at radius 2 is 1.87 bits per heavy atom. The number of carbonyl (C=O) groups excluding carboxylic acids is 1. The lowest BCUT2D eigenvalue weighted by Gasteiger charge is -2.44. The van der Waals surface area contributed by atoms with E-state index >= 15 is 0 Å². The van der Waals surface area contributed by atoms with Gasteiger partial charge in [-0.1, -0.05) is 44.4 Å². The van der Waals surface area contributed by atoms with Crippen LogP contribution in [0.3, 0.4) is 0 Å². The average Bonchev–Trinajstić information content (AvgIpc) is 2.69. The molecule has 2 aliphatic rings. The van der Waals surface area contributed by atoms with E-state index in [0.29, 0.717) is 48.4 Å². The van der Waals surface area contributed by atoms with Crippen LogP contribution >= 0.6 is 11.6 Å². The van der Waals surface area contributed by atoms with E-state index in [2.05, 4.69) is 13.8 Å². The average molecular weight is 459 g/mol. The lowest BCUT2D eigenvalue weighted by atomic mass is 9.76. The lowest BCUT2D eigenvalue weighted by molar-refractivity contribution is -0.142. The number of sulfonamides is 1. The third-order valence-electron chi connectivity index (χ3n) is 7.01. The van der Waals surface area contributed by atoms with Gasteiger partial charge in [0.1, 0.15) is 5.82 Å². The van der Waals surface area contributed by atoms with Crippen LogP contribution in [0.4, 0.5) is 4.39 Å². The highest BCUT2D eigenvalue weighted by Gasteiger charge is 2.38. The molecule has 0 bridgehead atoms. The van der Waals surface area contributed by atoms with E-state index in [1.54, 1.807) is 12.1 Å². The summed E-state index contributed by atoms with van der Waals surface area (Å²) in [6.07, 6.45) is 5.25. The van der Waals surface area contributed by atoms with Gasteiger partial charge in [0, 0.05) is 35.6 Å². The number of halogens is 2. The van der Waals surface area contributed by atoms with Gasteiger partial charge in [0.15, 0.2) is 0 Å². The van der Waals surface area contributed by atoms with Crippen LogP contribution in [0.25, 0.3) is 0 Å². The number of hydrogen-bond acceptors (Lipinski definition) is 3. The van der Waals surface area contributed by atoms with Crippen molar-refractivity contribution in [1.29, 1.82) is 0 Å². The highest BCUT2D eigenvalue weighted by molar-refractivity contribution is 7.88. The fourth-order valence-electron chi connectivity index (χ4n) is 4.87. The predicted octanol–water partition coefficient (Wildman–Crippen LogP) is 4.30. The number of piperidine rings is 1. The van der Waals surface area contributed by atoms with Gasteiger partial charge < -0.3 is 4.90 Å². The topological polar surface area (TPSA) is 57.7 Å². The van der Waals surface area contributed by atoms with E-state index in [9.17, 15) is 17.6 Å². The molecule has 2 fully saturated rings. The Bertz CT molecular complexity index is 851. The van der Waals surface area contributed by atoms with Crippen LogP contribution in [0.5, 0.6) is 0 Å². The Morgan fingerprint density at radius 1 is 1.20 bits per heavy atom. The molecular formula is C22H32ClFN2O3S.